The van der Waals surface area contributed by atoms with Crippen LogP contribution in [0.25, 0.3) is 0 Å². The molecule has 52 valence electrons. The number of hydrogen-bond donors (Lipinski definition) is 0. The number of hydrogen-bond acceptors (Lipinski definition) is 2. The van der Waals surface area contributed by atoms with Crippen LogP contribution in [0.3, 0.4) is 0 Å². The molecule has 0 amide bonds. The van der Waals surface area contributed by atoms with Gasteiger partial charge in [0.05, 0.1) is 6.20 Å². The lowest BCUT2D eigenvalue weighted by molar-refractivity contribution is 0.0537. The zero-order chi connectivity index (χ0) is 7.56. The second-order valence-electron chi connectivity index (χ2n) is 1.49. The standard InChI is InChI=1S/C5H3F2N3/c1-2-4-3-8-9-10(4)5(6)7/h1,3,5H. The van der Waals surface area contributed by atoms with E-state index in [-0.39, 0.29) is 5.69 Å². The maximum Gasteiger partial charge on any atom is 0.335 e. The van der Waals surface area contributed by atoms with Crippen molar-refractivity contribution < 1.29 is 8.78 Å². The number of alkyl halides is 2. The normalized spacial score (nSPS) is 9.80. The molecule has 0 aromatic carbocycles. The lowest BCUT2D eigenvalue weighted by Gasteiger charge is -1.96. The summed E-state index contributed by atoms with van der Waals surface area (Å²) in [6, 6.07) is 0. The molecule has 0 N–H and O–H groups in total. The topological polar surface area (TPSA) is 30.7 Å². The van der Waals surface area contributed by atoms with Crippen molar-refractivity contribution in [3.63, 3.8) is 0 Å². The van der Waals surface area contributed by atoms with Crippen molar-refractivity contribution in [1.29, 1.82) is 0 Å². The fourth-order valence-corrected chi connectivity index (χ4v) is 0.491. The number of nitrogens with zero attached hydrogens (tertiary/aromatic N) is 3. The van der Waals surface area contributed by atoms with Crippen LogP contribution in [0.15, 0.2) is 6.20 Å². The zero-order valence-corrected chi connectivity index (χ0v) is 4.83. The van der Waals surface area contributed by atoms with E-state index in [1.165, 1.54) is 0 Å². The van der Waals surface area contributed by atoms with Gasteiger partial charge in [-0.2, -0.15) is 13.5 Å². The van der Waals surface area contributed by atoms with E-state index in [0.717, 1.165) is 6.20 Å². The van der Waals surface area contributed by atoms with Crippen molar-refractivity contribution in [2.45, 2.75) is 6.55 Å². The van der Waals surface area contributed by atoms with Gasteiger partial charge in [0.2, 0.25) is 0 Å². The predicted molar refractivity (Wildman–Crippen MR) is 29.2 cm³/mol. The Bertz CT molecular complexity index is 260. The molecule has 0 aliphatic carbocycles. The van der Waals surface area contributed by atoms with Crippen LogP contribution in [0.5, 0.6) is 0 Å². The van der Waals surface area contributed by atoms with E-state index in [0.29, 0.717) is 4.68 Å². The summed E-state index contributed by atoms with van der Waals surface area (Å²) in [7, 11) is 0. The summed E-state index contributed by atoms with van der Waals surface area (Å²) in [5.74, 6) is 2.01. The van der Waals surface area contributed by atoms with Gasteiger partial charge in [-0.1, -0.05) is 5.21 Å². The third-order valence-corrected chi connectivity index (χ3v) is 0.908. The average Bonchev–Trinajstić information content (AvgIpc) is 2.33. The number of rotatable bonds is 1. The smallest absolute Gasteiger partial charge is 0.184 e. The molecule has 0 fully saturated rings. The molecule has 0 aliphatic rings. The average molecular weight is 143 g/mol. The largest absolute Gasteiger partial charge is 0.335 e. The van der Waals surface area contributed by atoms with Crippen molar-refractivity contribution in [3.05, 3.63) is 11.9 Å². The minimum atomic E-state index is -2.71. The Labute approximate surface area is 55.7 Å². The molecule has 3 nitrogen and oxygen atoms in total. The molecular formula is C5H3F2N3. The highest BCUT2D eigenvalue weighted by Crippen LogP contribution is 2.08. The fourth-order valence-electron chi connectivity index (χ4n) is 0.491. The summed E-state index contributed by atoms with van der Waals surface area (Å²) in [6.07, 6.45) is 5.95. The van der Waals surface area contributed by atoms with Gasteiger partial charge < -0.3 is 0 Å². The summed E-state index contributed by atoms with van der Waals surface area (Å²) in [6.45, 7) is -2.71. The van der Waals surface area contributed by atoms with Gasteiger partial charge in [-0.25, -0.2) is 0 Å². The van der Waals surface area contributed by atoms with Crippen molar-refractivity contribution in [2.24, 2.45) is 0 Å². The Hall–Kier alpha value is -1.44. The molecule has 0 bridgehead atoms. The Balaban J connectivity index is 3.05. The van der Waals surface area contributed by atoms with E-state index < -0.39 is 6.55 Å². The lowest BCUT2D eigenvalue weighted by Crippen LogP contribution is -2.02. The monoisotopic (exact) mass is 143 g/mol. The van der Waals surface area contributed by atoms with E-state index in [4.69, 9.17) is 6.42 Å². The minimum Gasteiger partial charge on any atom is -0.184 e. The first-order valence-electron chi connectivity index (χ1n) is 2.40. The highest BCUT2D eigenvalue weighted by atomic mass is 19.3. The SMILES string of the molecule is C#Cc1cnnn1C(F)F. The van der Waals surface area contributed by atoms with Crippen LogP contribution in [0.1, 0.15) is 12.2 Å². The summed E-state index contributed by atoms with van der Waals surface area (Å²) < 4.78 is 24.0. The number of aromatic nitrogens is 3. The quantitative estimate of drug-likeness (QED) is 0.540. The molecule has 0 unspecified atom stereocenters. The van der Waals surface area contributed by atoms with Gasteiger partial charge in [-0.05, 0) is 5.92 Å². The Kier molecular flexibility index (Phi) is 1.63. The summed E-state index contributed by atoms with van der Waals surface area (Å²) in [4.78, 5) is 0. The highest BCUT2D eigenvalue weighted by molar-refractivity contribution is 5.20. The molecule has 10 heavy (non-hydrogen) atoms. The molecule has 1 rings (SSSR count). The van der Waals surface area contributed by atoms with E-state index >= 15 is 0 Å². The zero-order valence-electron chi connectivity index (χ0n) is 4.83. The van der Waals surface area contributed by atoms with Crippen molar-refractivity contribution in [3.8, 4) is 12.3 Å². The minimum absolute atomic E-state index is 0.0185. The highest BCUT2D eigenvalue weighted by Gasteiger charge is 2.09. The maximum absolute atomic E-state index is 11.8. The Morgan fingerprint density at radius 2 is 2.40 bits per heavy atom. The van der Waals surface area contributed by atoms with Gasteiger partial charge in [0.15, 0.2) is 0 Å². The second-order valence-corrected chi connectivity index (χ2v) is 1.49. The van der Waals surface area contributed by atoms with Gasteiger partial charge in [0.25, 0.3) is 0 Å². The van der Waals surface area contributed by atoms with Crippen LogP contribution >= 0.6 is 0 Å². The van der Waals surface area contributed by atoms with Crippen molar-refractivity contribution in [1.82, 2.24) is 15.0 Å². The van der Waals surface area contributed by atoms with Gasteiger partial charge in [-0.15, -0.1) is 11.5 Å². The molecule has 0 saturated carbocycles. The first-order valence-corrected chi connectivity index (χ1v) is 2.40. The molecule has 5 heteroatoms. The molecule has 0 atom stereocenters. The van der Waals surface area contributed by atoms with E-state index in [1.54, 1.807) is 0 Å². The van der Waals surface area contributed by atoms with Crippen molar-refractivity contribution >= 4 is 0 Å². The van der Waals surface area contributed by atoms with Crippen LogP contribution < -0.4 is 0 Å². The second kappa shape index (κ2) is 2.43. The molecule has 0 saturated heterocycles. The van der Waals surface area contributed by atoms with Crippen molar-refractivity contribution in [2.75, 3.05) is 0 Å². The molecule has 1 heterocycles. The van der Waals surface area contributed by atoms with Crippen LogP contribution in [0.2, 0.25) is 0 Å². The van der Waals surface area contributed by atoms with E-state index in [2.05, 4.69) is 10.3 Å². The third kappa shape index (κ3) is 0.957. The summed E-state index contributed by atoms with van der Waals surface area (Å²) in [5, 5.41) is 6.27. The van der Waals surface area contributed by atoms with E-state index in [9.17, 15) is 8.78 Å². The van der Waals surface area contributed by atoms with Gasteiger partial charge >= 0.3 is 6.55 Å². The first-order chi connectivity index (χ1) is 4.75. The molecule has 0 spiro atoms. The van der Waals surface area contributed by atoms with Gasteiger partial charge in [-0.3, -0.25) is 0 Å². The van der Waals surface area contributed by atoms with Crippen LogP contribution in [-0.4, -0.2) is 15.0 Å². The summed E-state index contributed by atoms with van der Waals surface area (Å²) in [5.41, 5.74) is -0.0185. The van der Waals surface area contributed by atoms with Gasteiger partial charge in [0.1, 0.15) is 5.69 Å². The fraction of sp³-hybridized carbons (Fsp3) is 0.200. The number of halogens is 2. The molecule has 0 aliphatic heterocycles. The first kappa shape index (κ1) is 6.68. The number of terminal acetylenes is 1. The molecule has 1 aromatic heterocycles. The van der Waals surface area contributed by atoms with E-state index in [1.807, 2.05) is 5.92 Å². The van der Waals surface area contributed by atoms with Gasteiger partial charge in [0, 0.05) is 0 Å². The maximum atomic E-state index is 11.8. The molecular weight excluding hydrogens is 140 g/mol. The molecule has 0 radical (unpaired) electrons. The Morgan fingerprint density at radius 1 is 1.70 bits per heavy atom. The summed E-state index contributed by atoms with van der Waals surface area (Å²) >= 11 is 0. The molecule has 1 aromatic rings. The third-order valence-electron chi connectivity index (χ3n) is 0.908. The predicted octanol–water partition coefficient (Wildman–Crippen LogP) is 0.654. The van der Waals surface area contributed by atoms with Crippen LogP contribution in [0.4, 0.5) is 8.78 Å². The lowest BCUT2D eigenvalue weighted by atomic mass is 10.5. The van der Waals surface area contributed by atoms with Crippen LogP contribution in [-0.2, 0) is 0 Å². The Morgan fingerprint density at radius 3 is 2.80 bits per heavy atom. The van der Waals surface area contributed by atoms with Crippen LogP contribution in [0, 0.1) is 12.3 Å².